The Morgan fingerprint density at radius 1 is 1.52 bits per heavy atom. The number of carboxylic acid groups (broad SMARTS) is 1. The average molecular weight is 307 g/mol. The lowest BCUT2D eigenvalue weighted by atomic mass is 10.1. The lowest BCUT2D eigenvalue weighted by Crippen LogP contribution is -2.05. The van der Waals surface area contributed by atoms with Gasteiger partial charge in [0.15, 0.2) is 0 Å². The second kappa shape index (κ2) is 6.31. The number of anilines is 1. The highest BCUT2D eigenvalue weighted by Crippen LogP contribution is 2.24. The number of carbonyl (C=O) groups is 1. The Morgan fingerprint density at radius 3 is 2.86 bits per heavy atom. The molecule has 1 heterocycles. The molecular weight excluding hydrogens is 294 g/mol. The summed E-state index contributed by atoms with van der Waals surface area (Å²) in [6.07, 6.45) is 2.72. The first-order valence-corrected chi connectivity index (χ1v) is 7.02. The third-order valence-corrected chi connectivity index (χ3v) is 3.96. The summed E-state index contributed by atoms with van der Waals surface area (Å²) in [4.78, 5) is 26.5. The molecule has 2 N–H and O–H groups in total. The molecule has 8 heteroatoms. The summed E-state index contributed by atoms with van der Waals surface area (Å²) >= 11 is 1.57. The summed E-state index contributed by atoms with van der Waals surface area (Å²) in [7, 11) is 0. The van der Waals surface area contributed by atoms with Gasteiger partial charge in [-0.3, -0.25) is 10.1 Å². The first-order chi connectivity index (χ1) is 10.0. The van der Waals surface area contributed by atoms with Crippen LogP contribution in [-0.2, 0) is 13.0 Å². The number of aromatic nitrogens is 1. The number of nitrogens with one attached hydrogen (secondary N) is 1. The second-order valence-corrected chi connectivity index (χ2v) is 5.42. The van der Waals surface area contributed by atoms with Gasteiger partial charge >= 0.3 is 5.97 Å². The molecule has 21 heavy (non-hydrogen) atoms. The van der Waals surface area contributed by atoms with Crippen LogP contribution in [0.15, 0.2) is 24.4 Å². The predicted octanol–water partition coefficient (Wildman–Crippen LogP) is 2.92. The number of carboxylic acids is 1. The maximum Gasteiger partial charge on any atom is 0.342 e. The Kier molecular flexibility index (Phi) is 4.49. The van der Waals surface area contributed by atoms with Crippen molar-refractivity contribution in [3.8, 4) is 0 Å². The van der Waals surface area contributed by atoms with Gasteiger partial charge in [0, 0.05) is 22.8 Å². The van der Waals surface area contributed by atoms with Crippen LogP contribution in [0.5, 0.6) is 0 Å². The normalized spacial score (nSPS) is 10.3. The fourth-order valence-electron chi connectivity index (χ4n) is 1.74. The van der Waals surface area contributed by atoms with Crippen LogP contribution in [0.2, 0.25) is 0 Å². The number of hydrogen-bond acceptors (Lipinski definition) is 6. The van der Waals surface area contributed by atoms with E-state index in [0.29, 0.717) is 12.2 Å². The molecule has 0 radical (unpaired) electrons. The van der Waals surface area contributed by atoms with Crippen molar-refractivity contribution in [1.29, 1.82) is 0 Å². The van der Waals surface area contributed by atoms with Gasteiger partial charge in [-0.05, 0) is 18.6 Å². The SMILES string of the molecule is CCc1cnc(CNc2ccc(C(=O)O)c([N+](=O)[O-])c2)s1. The van der Waals surface area contributed by atoms with Gasteiger partial charge in [0.2, 0.25) is 0 Å². The number of hydrogen-bond donors (Lipinski definition) is 2. The highest BCUT2D eigenvalue weighted by molar-refractivity contribution is 7.11. The molecule has 2 aromatic rings. The van der Waals surface area contributed by atoms with E-state index >= 15 is 0 Å². The van der Waals surface area contributed by atoms with Crippen molar-refractivity contribution in [2.45, 2.75) is 19.9 Å². The molecule has 0 spiro atoms. The topological polar surface area (TPSA) is 105 Å². The van der Waals surface area contributed by atoms with E-state index in [2.05, 4.69) is 10.3 Å². The third-order valence-electron chi connectivity index (χ3n) is 2.82. The lowest BCUT2D eigenvalue weighted by Gasteiger charge is -2.05. The molecule has 0 bridgehead atoms. The molecule has 0 aliphatic carbocycles. The summed E-state index contributed by atoms with van der Waals surface area (Å²) in [5.41, 5.74) is -0.270. The van der Waals surface area contributed by atoms with Gasteiger partial charge in [0.1, 0.15) is 10.6 Å². The highest BCUT2D eigenvalue weighted by atomic mass is 32.1. The molecule has 0 aliphatic heterocycles. The Morgan fingerprint density at radius 2 is 2.29 bits per heavy atom. The summed E-state index contributed by atoms with van der Waals surface area (Å²) < 4.78 is 0. The number of nitro groups is 1. The van der Waals surface area contributed by atoms with Crippen LogP contribution in [-0.4, -0.2) is 21.0 Å². The second-order valence-electron chi connectivity index (χ2n) is 4.22. The number of nitrogens with zero attached hydrogens (tertiary/aromatic N) is 2. The standard InChI is InChI=1S/C13H13N3O4S/c1-2-9-6-15-12(21-9)7-14-8-3-4-10(13(17)18)11(5-8)16(19)20/h3-6,14H,2,7H2,1H3,(H,17,18). The van der Waals surface area contributed by atoms with Gasteiger partial charge in [-0.2, -0.15) is 0 Å². The van der Waals surface area contributed by atoms with Crippen molar-refractivity contribution < 1.29 is 14.8 Å². The summed E-state index contributed by atoms with van der Waals surface area (Å²) in [6.45, 7) is 2.48. The van der Waals surface area contributed by atoms with Gasteiger partial charge in [0.05, 0.1) is 11.5 Å². The van der Waals surface area contributed by atoms with Crippen molar-refractivity contribution in [2.24, 2.45) is 0 Å². The molecule has 0 unspecified atom stereocenters. The highest BCUT2D eigenvalue weighted by Gasteiger charge is 2.20. The zero-order valence-corrected chi connectivity index (χ0v) is 12.0. The maximum absolute atomic E-state index is 10.9. The number of benzene rings is 1. The van der Waals surface area contributed by atoms with E-state index in [-0.39, 0.29) is 5.56 Å². The summed E-state index contributed by atoms with van der Waals surface area (Å²) in [5.74, 6) is -1.32. The van der Waals surface area contributed by atoms with Crippen LogP contribution in [0.25, 0.3) is 0 Å². The van der Waals surface area contributed by atoms with E-state index in [1.165, 1.54) is 23.1 Å². The van der Waals surface area contributed by atoms with Crippen molar-refractivity contribution in [2.75, 3.05) is 5.32 Å². The van der Waals surface area contributed by atoms with Crippen LogP contribution < -0.4 is 5.32 Å². The molecule has 1 aromatic heterocycles. The Bertz CT molecular complexity index is 684. The summed E-state index contributed by atoms with van der Waals surface area (Å²) in [5, 5.41) is 23.7. The van der Waals surface area contributed by atoms with Crippen molar-refractivity contribution in [3.63, 3.8) is 0 Å². The number of thiazole rings is 1. The zero-order chi connectivity index (χ0) is 15.4. The first-order valence-electron chi connectivity index (χ1n) is 6.20. The fourth-order valence-corrected chi connectivity index (χ4v) is 2.55. The largest absolute Gasteiger partial charge is 0.477 e. The molecule has 2 rings (SSSR count). The predicted molar refractivity (Wildman–Crippen MR) is 78.9 cm³/mol. The van der Waals surface area contributed by atoms with E-state index in [0.717, 1.165) is 11.4 Å². The van der Waals surface area contributed by atoms with Crippen molar-refractivity contribution in [1.82, 2.24) is 4.98 Å². The van der Waals surface area contributed by atoms with E-state index in [1.807, 2.05) is 6.92 Å². The molecule has 0 aliphatic rings. The van der Waals surface area contributed by atoms with E-state index in [4.69, 9.17) is 5.11 Å². The van der Waals surface area contributed by atoms with Crippen LogP contribution in [0.1, 0.15) is 27.2 Å². The molecule has 110 valence electrons. The molecule has 0 saturated heterocycles. The van der Waals surface area contributed by atoms with Gasteiger partial charge in [-0.25, -0.2) is 9.78 Å². The number of nitro benzene ring substituents is 1. The fraction of sp³-hybridized carbons (Fsp3) is 0.231. The van der Waals surface area contributed by atoms with Crippen molar-refractivity contribution >= 4 is 28.7 Å². The lowest BCUT2D eigenvalue weighted by molar-refractivity contribution is -0.385. The molecular formula is C13H13N3O4S. The van der Waals surface area contributed by atoms with Gasteiger partial charge < -0.3 is 10.4 Å². The average Bonchev–Trinajstić information content (AvgIpc) is 2.92. The number of rotatable bonds is 6. The molecule has 0 atom stereocenters. The minimum absolute atomic E-state index is 0.326. The van der Waals surface area contributed by atoms with Crippen LogP contribution >= 0.6 is 11.3 Å². The van der Waals surface area contributed by atoms with Crippen LogP contribution in [0, 0.1) is 10.1 Å². The molecule has 1 aromatic carbocycles. The Hall–Kier alpha value is -2.48. The van der Waals surface area contributed by atoms with Crippen molar-refractivity contribution in [3.05, 3.63) is 50.0 Å². The quantitative estimate of drug-likeness (QED) is 0.628. The molecule has 0 fully saturated rings. The molecule has 7 nitrogen and oxygen atoms in total. The Labute approximate surface area is 124 Å². The number of aromatic carboxylic acids is 1. The monoisotopic (exact) mass is 307 g/mol. The minimum atomic E-state index is -1.32. The molecule has 0 saturated carbocycles. The zero-order valence-electron chi connectivity index (χ0n) is 11.2. The minimum Gasteiger partial charge on any atom is -0.477 e. The summed E-state index contributed by atoms with van der Waals surface area (Å²) in [6, 6.07) is 3.95. The van der Waals surface area contributed by atoms with Gasteiger partial charge in [0.25, 0.3) is 5.69 Å². The maximum atomic E-state index is 10.9. The van der Waals surface area contributed by atoms with Gasteiger partial charge in [-0.1, -0.05) is 6.92 Å². The Balaban J connectivity index is 2.15. The van der Waals surface area contributed by atoms with E-state index in [1.54, 1.807) is 17.5 Å². The van der Waals surface area contributed by atoms with Crippen LogP contribution in [0.4, 0.5) is 11.4 Å². The smallest absolute Gasteiger partial charge is 0.342 e. The number of aryl methyl sites for hydroxylation is 1. The van der Waals surface area contributed by atoms with Gasteiger partial charge in [-0.15, -0.1) is 11.3 Å². The molecule has 0 amide bonds. The van der Waals surface area contributed by atoms with E-state index < -0.39 is 16.6 Å². The first kappa shape index (κ1) is 14.9. The van der Waals surface area contributed by atoms with E-state index in [9.17, 15) is 14.9 Å². The third kappa shape index (κ3) is 3.54. The van der Waals surface area contributed by atoms with Crippen LogP contribution in [0.3, 0.4) is 0 Å².